The predicted molar refractivity (Wildman–Crippen MR) is 95.7 cm³/mol. The van der Waals surface area contributed by atoms with E-state index in [-0.39, 0.29) is 11.8 Å². The number of hydrogen-bond donors (Lipinski definition) is 0. The molecule has 0 N–H and O–H groups in total. The third kappa shape index (κ3) is 3.12. The van der Waals surface area contributed by atoms with Crippen molar-refractivity contribution in [2.45, 2.75) is 18.8 Å². The molecule has 1 fully saturated rings. The van der Waals surface area contributed by atoms with Crippen molar-refractivity contribution in [1.82, 2.24) is 4.98 Å². The minimum absolute atomic E-state index is 0.154. The number of rotatable bonds is 2. The van der Waals surface area contributed by atoms with Crippen molar-refractivity contribution in [2.75, 3.05) is 43.2 Å². The summed E-state index contributed by atoms with van der Waals surface area (Å²) in [7, 11) is 2.01. The minimum atomic E-state index is -0.154. The van der Waals surface area contributed by atoms with Crippen LogP contribution in [0.1, 0.15) is 35.1 Å². The summed E-state index contributed by atoms with van der Waals surface area (Å²) in [5.41, 5.74) is 2.14. The Hall–Kier alpha value is -2.05. The Morgan fingerprint density at radius 2 is 2.04 bits per heavy atom. The number of aromatic nitrogens is 1. The lowest BCUT2D eigenvalue weighted by Gasteiger charge is -2.35. The van der Waals surface area contributed by atoms with Gasteiger partial charge in [0.25, 0.3) is 5.91 Å². The van der Waals surface area contributed by atoms with Gasteiger partial charge < -0.3 is 19.0 Å². The molecule has 6 nitrogen and oxygen atoms in total. The van der Waals surface area contributed by atoms with Crippen molar-refractivity contribution >= 4 is 28.9 Å². The molecule has 4 rings (SSSR count). The minimum Gasteiger partial charge on any atom is -0.448 e. The smallest absolute Gasteiger partial charge is 0.280 e. The molecule has 0 radical (unpaired) electrons. The van der Waals surface area contributed by atoms with E-state index in [0.29, 0.717) is 36.4 Å². The zero-order chi connectivity index (χ0) is 17.4. The number of anilines is 2. The second-order valence-corrected chi connectivity index (χ2v) is 6.91. The first-order valence-corrected chi connectivity index (χ1v) is 8.87. The van der Waals surface area contributed by atoms with Crippen LogP contribution in [-0.2, 0) is 4.74 Å². The summed E-state index contributed by atoms with van der Waals surface area (Å²) in [6.07, 6.45) is 3.22. The van der Waals surface area contributed by atoms with Gasteiger partial charge in [0, 0.05) is 44.3 Å². The highest BCUT2D eigenvalue weighted by atomic mass is 35.5. The van der Waals surface area contributed by atoms with Crippen LogP contribution in [0.25, 0.3) is 0 Å². The van der Waals surface area contributed by atoms with Gasteiger partial charge in [-0.1, -0.05) is 11.6 Å². The van der Waals surface area contributed by atoms with Gasteiger partial charge in [0.05, 0.1) is 11.4 Å². The molecule has 3 heterocycles. The Labute approximate surface area is 151 Å². The van der Waals surface area contributed by atoms with Crippen molar-refractivity contribution in [2.24, 2.45) is 0 Å². The molecular formula is C18H20ClN3O3. The first-order chi connectivity index (χ1) is 12.1. The Morgan fingerprint density at radius 1 is 1.24 bits per heavy atom. The molecule has 0 atom stereocenters. The van der Waals surface area contributed by atoms with Gasteiger partial charge in [-0.3, -0.25) is 4.79 Å². The number of ether oxygens (including phenoxy) is 1. The number of amides is 1. The van der Waals surface area contributed by atoms with Gasteiger partial charge in [0.2, 0.25) is 0 Å². The fourth-order valence-corrected chi connectivity index (χ4v) is 3.56. The van der Waals surface area contributed by atoms with Gasteiger partial charge in [-0.2, -0.15) is 0 Å². The number of nitrogens with zero attached hydrogens (tertiary/aromatic N) is 3. The topological polar surface area (TPSA) is 58.8 Å². The van der Waals surface area contributed by atoms with Gasteiger partial charge in [-0.05, 0) is 31.0 Å². The molecule has 2 aliphatic heterocycles. The highest BCUT2D eigenvalue weighted by Gasteiger charge is 2.29. The molecule has 0 saturated carbocycles. The Morgan fingerprint density at radius 3 is 2.84 bits per heavy atom. The fourth-order valence-electron chi connectivity index (χ4n) is 3.39. The van der Waals surface area contributed by atoms with E-state index in [9.17, 15) is 4.79 Å². The third-order valence-electron chi connectivity index (χ3n) is 4.86. The van der Waals surface area contributed by atoms with Crippen LogP contribution in [0, 0.1) is 0 Å². The summed E-state index contributed by atoms with van der Waals surface area (Å²) >= 11 is 6.14. The lowest BCUT2D eigenvalue weighted by Crippen LogP contribution is -2.42. The number of hydrogen-bond acceptors (Lipinski definition) is 5. The molecule has 25 heavy (non-hydrogen) atoms. The molecule has 132 valence electrons. The summed E-state index contributed by atoms with van der Waals surface area (Å²) in [5, 5.41) is 0.606. The van der Waals surface area contributed by atoms with Crippen LogP contribution in [0.3, 0.4) is 0 Å². The predicted octanol–water partition coefficient (Wildman–Crippen LogP) is 3.32. The molecule has 1 amide bonds. The van der Waals surface area contributed by atoms with E-state index in [4.69, 9.17) is 20.8 Å². The average Bonchev–Trinajstić information content (AvgIpc) is 3.12. The quantitative estimate of drug-likeness (QED) is 0.821. The van der Waals surface area contributed by atoms with Crippen molar-refractivity contribution in [3.63, 3.8) is 0 Å². The molecule has 0 spiro atoms. The van der Waals surface area contributed by atoms with E-state index < -0.39 is 0 Å². The molecule has 1 saturated heterocycles. The van der Waals surface area contributed by atoms with Crippen molar-refractivity contribution in [1.29, 1.82) is 0 Å². The second-order valence-electron chi connectivity index (χ2n) is 6.47. The summed E-state index contributed by atoms with van der Waals surface area (Å²) in [6.45, 7) is 2.76. The van der Waals surface area contributed by atoms with Crippen molar-refractivity contribution in [3.8, 4) is 0 Å². The summed E-state index contributed by atoms with van der Waals surface area (Å²) in [6, 6.07) is 5.60. The maximum absolute atomic E-state index is 13.0. The van der Waals surface area contributed by atoms with E-state index in [2.05, 4.69) is 9.88 Å². The van der Waals surface area contributed by atoms with Crippen molar-refractivity contribution < 1.29 is 13.9 Å². The molecule has 1 aromatic heterocycles. The second kappa shape index (κ2) is 6.69. The Bertz CT molecular complexity index is 786. The first kappa shape index (κ1) is 16.4. The zero-order valence-electron chi connectivity index (χ0n) is 14.1. The lowest BCUT2D eigenvalue weighted by atomic mass is 10.0. The Kier molecular flexibility index (Phi) is 4.39. The van der Waals surface area contributed by atoms with Crippen LogP contribution in [-0.4, -0.2) is 44.2 Å². The Balaban J connectivity index is 1.60. The van der Waals surface area contributed by atoms with Crippen LogP contribution >= 0.6 is 11.6 Å². The lowest BCUT2D eigenvalue weighted by molar-refractivity contribution is 0.0794. The monoisotopic (exact) mass is 361 g/mol. The molecular weight excluding hydrogens is 342 g/mol. The average molecular weight is 362 g/mol. The van der Waals surface area contributed by atoms with Gasteiger partial charge in [0.15, 0.2) is 11.6 Å². The van der Waals surface area contributed by atoms with Crippen LogP contribution in [0.15, 0.2) is 28.9 Å². The van der Waals surface area contributed by atoms with Gasteiger partial charge in [0.1, 0.15) is 6.26 Å². The summed E-state index contributed by atoms with van der Waals surface area (Å²) in [5.74, 6) is 0.704. The first-order valence-electron chi connectivity index (χ1n) is 8.49. The van der Waals surface area contributed by atoms with Gasteiger partial charge in [-0.15, -0.1) is 0 Å². The number of halogens is 1. The molecule has 2 aromatic rings. The highest BCUT2D eigenvalue weighted by Crippen LogP contribution is 2.35. The maximum atomic E-state index is 13.0. The standard InChI is InChI=1S/C18H20ClN3O3/c1-21-6-7-22(16-10-13(19)2-3-15(16)21)18(23)14-11-25-17(20-14)12-4-8-24-9-5-12/h2-3,10-12H,4-9H2,1H3. The van der Waals surface area contributed by atoms with Gasteiger partial charge in [-0.25, -0.2) is 4.98 Å². The summed E-state index contributed by atoms with van der Waals surface area (Å²) < 4.78 is 11.0. The van der Waals surface area contributed by atoms with E-state index in [0.717, 1.165) is 30.8 Å². The van der Waals surface area contributed by atoms with Crippen LogP contribution in [0.5, 0.6) is 0 Å². The molecule has 1 aromatic carbocycles. The van der Waals surface area contributed by atoms with Gasteiger partial charge >= 0.3 is 0 Å². The van der Waals surface area contributed by atoms with Crippen molar-refractivity contribution in [3.05, 3.63) is 41.1 Å². The SMILES string of the molecule is CN1CCN(C(=O)c2coc(C3CCOCC3)n2)c2cc(Cl)ccc21. The number of oxazole rings is 1. The highest BCUT2D eigenvalue weighted by molar-refractivity contribution is 6.31. The number of carbonyl (C=O) groups is 1. The maximum Gasteiger partial charge on any atom is 0.280 e. The number of fused-ring (bicyclic) bond motifs is 1. The molecule has 2 aliphatic rings. The van der Waals surface area contributed by atoms with Crippen LogP contribution in [0.4, 0.5) is 11.4 Å². The fraction of sp³-hybridized carbons (Fsp3) is 0.444. The number of carbonyl (C=O) groups excluding carboxylic acids is 1. The molecule has 0 aliphatic carbocycles. The van der Waals surface area contributed by atoms with Crippen LogP contribution in [0.2, 0.25) is 5.02 Å². The third-order valence-corrected chi connectivity index (χ3v) is 5.09. The normalized spacial score (nSPS) is 18.3. The largest absolute Gasteiger partial charge is 0.448 e. The number of likely N-dealkylation sites (N-methyl/N-ethyl adjacent to an activating group) is 1. The van der Waals surface area contributed by atoms with E-state index in [1.807, 2.05) is 25.2 Å². The number of benzene rings is 1. The van der Waals surface area contributed by atoms with E-state index in [1.54, 1.807) is 4.90 Å². The van der Waals surface area contributed by atoms with Crippen LogP contribution < -0.4 is 9.80 Å². The molecule has 0 bridgehead atoms. The van der Waals surface area contributed by atoms with E-state index in [1.165, 1.54) is 6.26 Å². The zero-order valence-corrected chi connectivity index (χ0v) is 14.8. The molecule has 0 unspecified atom stereocenters. The van der Waals surface area contributed by atoms with E-state index >= 15 is 0 Å². The summed E-state index contributed by atoms with van der Waals surface area (Å²) in [4.78, 5) is 21.3. The molecule has 7 heteroatoms.